The highest BCUT2D eigenvalue weighted by molar-refractivity contribution is 5.75. The summed E-state index contributed by atoms with van der Waals surface area (Å²) in [6.07, 6.45) is 2.68. The molecule has 17 heavy (non-hydrogen) atoms. The first-order valence-corrected chi connectivity index (χ1v) is 6.16. The molecule has 0 aromatic carbocycles. The van der Waals surface area contributed by atoms with E-state index in [0.717, 1.165) is 32.5 Å². The van der Waals surface area contributed by atoms with E-state index >= 15 is 0 Å². The fourth-order valence-electron chi connectivity index (χ4n) is 1.24. The van der Waals surface area contributed by atoms with Crippen LogP contribution in [-0.2, 0) is 14.3 Å². The quantitative estimate of drug-likeness (QED) is 0.539. The van der Waals surface area contributed by atoms with Crippen molar-refractivity contribution >= 4 is 5.91 Å². The molecule has 0 aliphatic rings. The Morgan fingerprint density at radius 2 is 1.88 bits per heavy atom. The van der Waals surface area contributed by atoms with Crippen LogP contribution in [-0.4, -0.2) is 64.9 Å². The molecule has 0 aromatic heterocycles. The highest BCUT2D eigenvalue weighted by Crippen LogP contribution is 1.90. The van der Waals surface area contributed by atoms with Crippen LogP contribution in [0.5, 0.6) is 0 Å². The van der Waals surface area contributed by atoms with E-state index in [-0.39, 0.29) is 5.91 Å². The Balaban J connectivity index is 3.06. The van der Waals surface area contributed by atoms with Crippen molar-refractivity contribution in [2.24, 2.45) is 0 Å². The van der Waals surface area contributed by atoms with Gasteiger partial charge in [-0.2, -0.15) is 0 Å². The maximum Gasteiger partial charge on any atom is 0.223 e. The number of nitrogens with one attached hydrogen (secondary N) is 1. The lowest BCUT2D eigenvalue weighted by molar-refractivity contribution is -0.128. The third kappa shape index (κ3) is 11.6. The number of methoxy groups -OCH3 is 1. The molecule has 0 spiro atoms. The van der Waals surface area contributed by atoms with E-state index in [1.54, 1.807) is 26.1 Å². The van der Waals surface area contributed by atoms with Gasteiger partial charge >= 0.3 is 0 Å². The maximum absolute atomic E-state index is 11.2. The highest BCUT2D eigenvalue weighted by atomic mass is 16.5. The van der Waals surface area contributed by atoms with Gasteiger partial charge in [0.05, 0.1) is 13.2 Å². The number of carbonyl (C=O) groups is 1. The molecule has 0 aliphatic carbocycles. The minimum absolute atomic E-state index is 0.167. The SMILES string of the molecule is COCCOCCCCNCCC(=O)N(C)C. The van der Waals surface area contributed by atoms with E-state index in [9.17, 15) is 4.79 Å². The Bertz CT molecular complexity index is 187. The van der Waals surface area contributed by atoms with Gasteiger partial charge in [-0.3, -0.25) is 4.79 Å². The molecule has 0 fully saturated rings. The second-order valence-corrected chi connectivity index (χ2v) is 4.10. The average Bonchev–Trinajstić information content (AvgIpc) is 2.31. The van der Waals surface area contributed by atoms with Crippen molar-refractivity contribution in [3.63, 3.8) is 0 Å². The first-order chi connectivity index (χ1) is 8.18. The predicted octanol–water partition coefficient (Wildman–Crippen LogP) is 0.498. The average molecular weight is 246 g/mol. The number of amides is 1. The first kappa shape index (κ1) is 16.4. The van der Waals surface area contributed by atoms with E-state index in [0.29, 0.717) is 19.6 Å². The largest absolute Gasteiger partial charge is 0.382 e. The maximum atomic E-state index is 11.2. The van der Waals surface area contributed by atoms with Gasteiger partial charge in [0.2, 0.25) is 5.91 Å². The molecule has 0 aliphatic heterocycles. The third-order valence-corrected chi connectivity index (χ3v) is 2.34. The Morgan fingerprint density at radius 3 is 2.53 bits per heavy atom. The molecule has 0 bridgehead atoms. The topological polar surface area (TPSA) is 50.8 Å². The van der Waals surface area contributed by atoms with Crippen molar-refractivity contribution in [3.05, 3.63) is 0 Å². The normalized spacial score (nSPS) is 10.5. The molecule has 5 heteroatoms. The summed E-state index contributed by atoms with van der Waals surface area (Å²) in [5.41, 5.74) is 0. The van der Waals surface area contributed by atoms with E-state index in [1.165, 1.54) is 0 Å². The molecular weight excluding hydrogens is 220 g/mol. The van der Waals surface area contributed by atoms with E-state index in [4.69, 9.17) is 9.47 Å². The number of hydrogen-bond acceptors (Lipinski definition) is 4. The summed E-state index contributed by atoms with van der Waals surface area (Å²) in [6.45, 7) is 3.80. The van der Waals surface area contributed by atoms with Gasteiger partial charge in [0.1, 0.15) is 0 Å². The second kappa shape index (κ2) is 11.8. The summed E-state index contributed by atoms with van der Waals surface area (Å²) in [6, 6.07) is 0. The van der Waals surface area contributed by atoms with Gasteiger partial charge in [-0.15, -0.1) is 0 Å². The summed E-state index contributed by atoms with van der Waals surface area (Å²) in [5.74, 6) is 0.167. The Labute approximate surface area is 104 Å². The van der Waals surface area contributed by atoms with Crippen molar-refractivity contribution in [1.82, 2.24) is 10.2 Å². The van der Waals surface area contributed by atoms with E-state index < -0.39 is 0 Å². The predicted molar refractivity (Wildman–Crippen MR) is 68.1 cm³/mol. The van der Waals surface area contributed by atoms with Crippen LogP contribution in [0.2, 0.25) is 0 Å². The van der Waals surface area contributed by atoms with Crippen LogP contribution in [0, 0.1) is 0 Å². The van der Waals surface area contributed by atoms with Crippen LogP contribution in [0.4, 0.5) is 0 Å². The second-order valence-electron chi connectivity index (χ2n) is 4.10. The summed E-state index contributed by atoms with van der Waals surface area (Å²) in [5, 5.41) is 3.25. The zero-order chi connectivity index (χ0) is 12.9. The van der Waals surface area contributed by atoms with Crippen LogP contribution in [0.1, 0.15) is 19.3 Å². The summed E-state index contributed by atoms with van der Waals surface area (Å²) in [7, 11) is 5.22. The molecule has 5 nitrogen and oxygen atoms in total. The van der Waals surface area contributed by atoms with Gasteiger partial charge in [-0.25, -0.2) is 0 Å². The fourth-order valence-corrected chi connectivity index (χ4v) is 1.24. The Morgan fingerprint density at radius 1 is 1.12 bits per heavy atom. The number of carbonyl (C=O) groups excluding carboxylic acids is 1. The number of unbranched alkanes of at least 4 members (excludes halogenated alkanes) is 1. The van der Waals surface area contributed by atoms with Gasteiger partial charge in [0.25, 0.3) is 0 Å². The van der Waals surface area contributed by atoms with Crippen LogP contribution < -0.4 is 5.32 Å². The van der Waals surface area contributed by atoms with Crippen molar-refractivity contribution in [3.8, 4) is 0 Å². The zero-order valence-corrected chi connectivity index (χ0v) is 11.3. The number of nitrogens with zero attached hydrogens (tertiary/aromatic N) is 1. The molecule has 0 saturated heterocycles. The summed E-state index contributed by atoms with van der Waals surface area (Å²) in [4.78, 5) is 12.8. The van der Waals surface area contributed by atoms with Crippen LogP contribution in [0.15, 0.2) is 0 Å². The van der Waals surface area contributed by atoms with E-state index in [1.807, 2.05) is 0 Å². The molecule has 0 saturated carbocycles. The lowest BCUT2D eigenvalue weighted by atomic mass is 10.3. The van der Waals surface area contributed by atoms with E-state index in [2.05, 4.69) is 5.32 Å². The molecule has 0 heterocycles. The number of ether oxygens (including phenoxy) is 2. The number of hydrogen-bond donors (Lipinski definition) is 1. The Hall–Kier alpha value is -0.650. The van der Waals surface area contributed by atoms with Crippen LogP contribution >= 0.6 is 0 Å². The molecule has 0 atom stereocenters. The van der Waals surface area contributed by atoms with Crippen LogP contribution in [0.25, 0.3) is 0 Å². The molecule has 102 valence electrons. The minimum Gasteiger partial charge on any atom is -0.382 e. The monoisotopic (exact) mass is 246 g/mol. The first-order valence-electron chi connectivity index (χ1n) is 6.16. The molecule has 1 amide bonds. The van der Waals surface area contributed by atoms with Gasteiger partial charge < -0.3 is 19.7 Å². The van der Waals surface area contributed by atoms with Gasteiger partial charge in [0, 0.05) is 40.8 Å². The van der Waals surface area contributed by atoms with Crippen LogP contribution in [0.3, 0.4) is 0 Å². The number of rotatable bonds is 11. The lowest BCUT2D eigenvalue weighted by Crippen LogP contribution is -2.27. The third-order valence-electron chi connectivity index (χ3n) is 2.34. The minimum atomic E-state index is 0.167. The summed E-state index contributed by atoms with van der Waals surface area (Å²) < 4.78 is 10.2. The summed E-state index contributed by atoms with van der Waals surface area (Å²) >= 11 is 0. The van der Waals surface area contributed by atoms with Gasteiger partial charge in [0.15, 0.2) is 0 Å². The van der Waals surface area contributed by atoms with Crippen molar-refractivity contribution in [2.45, 2.75) is 19.3 Å². The zero-order valence-electron chi connectivity index (χ0n) is 11.3. The van der Waals surface area contributed by atoms with Crippen molar-refractivity contribution < 1.29 is 14.3 Å². The van der Waals surface area contributed by atoms with Crippen molar-refractivity contribution in [1.29, 1.82) is 0 Å². The highest BCUT2D eigenvalue weighted by Gasteiger charge is 2.01. The van der Waals surface area contributed by atoms with Crippen molar-refractivity contribution in [2.75, 3.05) is 54.1 Å². The molecule has 0 unspecified atom stereocenters. The molecular formula is C12H26N2O3. The standard InChI is InChI=1S/C12H26N2O3/c1-14(2)12(15)6-8-13-7-4-5-9-17-11-10-16-3/h13H,4-11H2,1-3H3. The molecule has 0 rings (SSSR count). The lowest BCUT2D eigenvalue weighted by Gasteiger charge is -2.10. The van der Waals surface area contributed by atoms with Gasteiger partial charge in [-0.05, 0) is 19.4 Å². The molecule has 0 radical (unpaired) electrons. The van der Waals surface area contributed by atoms with Gasteiger partial charge in [-0.1, -0.05) is 0 Å². The smallest absolute Gasteiger partial charge is 0.223 e. The molecule has 0 aromatic rings. The fraction of sp³-hybridized carbons (Fsp3) is 0.917. The Kier molecular flexibility index (Phi) is 11.4. The molecule has 1 N–H and O–H groups in total.